The molecule has 362 valence electrons. The van der Waals surface area contributed by atoms with E-state index in [-0.39, 0.29) is 19.4 Å². The summed E-state index contributed by atoms with van der Waals surface area (Å²) in [5, 5.41) is 30.9. The van der Waals surface area contributed by atoms with Crippen molar-refractivity contribution >= 4 is 22.1 Å². The second-order valence-electron chi connectivity index (χ2n) is 16.5. The summed E-state index contributed by atoms with van der Waals surface area (Å²) in [5.74, 6) is -2.09. The summed E-state index contributed by atoms with van der Waals surface area (Å²) in [6.45, 7) is 3.55. The Labute approximate surface area is 380 Å². The van der Waals surface area contributed by atoms with Crippen molar-refractivity contribution in [1.82, 2.24) is 0 Å². The Bertz CT molecular complexity index is 1440. The maximum Gasteiger partial charge on any atom is 0.306 e. The number of unbranched alkanes of at least 4 members (excludes halogenated alkanes) is 19. The van der Waals surface area contributed by atoms with Crippen LogP contribution in [0.3, 0.4) is 0 Å². The van der Waals surface area contributed by atoms with E-state index in [0.717, 1.165) is 38.5 Å². The number of aliphatic hydroxyl groups excluding tert-OH is 3. The number of carbonyl (C=O) groups excluding carboxylic acids is 2. The zero-order chi connectivity index (χ0) is 46.2. The van der Waals surface area contributed by atoms with Crippen LogP contribution in [0.2, 0.25) is 0 Å². The summed E-state index contributed by atoms with van der Waals surface area (Å²) in [4.78, 5) is 25.4. The van der Waals surface area contributed by atoms with Gasteiger partial charge in [-0.3, -0.25) is 14.1 Å². The Balaban J connectivity index is 2.41. The molecule has 0 aromatic heterocycles. The molecule has 63 heavy (non-hydrogen) atoms. The van der Waals surface area contributed by atoms with Gasteiger partial charge in [0.1, 0.15) is 36.8 Å². The van der Waals surface area contributed by atoms with Gasteiger partial charge in [-0.05, 0) is 51.4 Å². The summed E-state index contributed by atoms with van der Waals surface area (Å²) >= 11 is 0. The van der Waals surface area contributed by atoms with Crippen LogP contribution in [0.15, 0.2) is 72.9 Å². The van der Waals surface area contributed by atoms with Crippen LogP contribution in [-0.2, 0) is 38.7 Å². The molecule has 0 saturated carbocycles. The van der Waals surface area contributed by atoms with Crippen molar-refractivity contribution in [3.05, 3.63) is 72.9 Å². The lowest BCUT2D eigenvalue weighted by Gasteiger charge is -2.40. The number of ether oxygens (including phenoxy) is 4. The average Bonchev–Trinajstić information content (AvgIpc) is 3.25. The van der Waals surface area contributed by atoms with Crippen LogP contribution in [0, 0.1) is 0 Å². The van der Waals surface area contributed by atoms with Crippen molar-refractivity contribution in [2.45, 2.75) is 211 Å². The summed E-state index contributed by atoms with van der Waals surface area (Å²) < 4.78 is 54.0. The van der Waals surface area contributed by atoms with Crippen molar-refractivity contribution < 1.29 is 56.8 Å². The fourth-order valence-corrected chi connectivity index (χ4v) is 7.63. The lowest BCUT2D eigenvalue weighted by atomic mass is 10.00. The van der Waals surface area contributed by atoms with E-state index in [9.17, 15) is 37.9 Å². The van der Waals surface area contributed by atoms with Gasteiger partial charge in [0, 0.05) is 12.8 Å². The Hall–Kier alpha value is -2.91. The van der Waals surface area contributed by atoms with Gasteiger partial charge in [-0.2, -0.15) is 8.42 Å². The molecule has 6 atom stereocenters. The van der Waals surface area contributed by atoms with E-state index in [1.807, 2.05) is 54.7 Å². The molecule has 1 saturated heterocycles. The molecular weight excluding hydrogens is 825 g/mol. The van der Waals surface area contributed by atoms with E-state index in [2.05, 4.69) is 32.1 Å². The zero-order valence-electron chi connectivity index (χ0n) is 38.7. The molecule has 1 aliphatic heterocycles. The van der Waals surface area contributed by atoms with E-state index < -0.39 is 71.2 Å². The van der Waals surface area contributed by atoms with Gasteiger partial charge in [0.25, 0.3) is 10.1 Å². The lowest BCUT2D eigenvalue weighted by Crippen LogP contribution is -2.60. The van der Waals surface area contributed by atoms with Crippen LogP contribution in [0.4, 0.5) is 0 Å². The average molecular weight is 909 g/mol. The van der Waals surface area contributed by atoms with Crippen LogP contribution in [0.1, 0.15) is 174 Å². The first-order valence-electron chi connectivity index (χ1n) is 24.1. The van der Waals surface area contributed by atoms with Crippen molar-refractivity contribution in [1.29, 1.82) is 0 Å². The third-order valence-corrected chi connectivity index (χ3v) is 11.4. The summed E-state index contributed by atoms with van der Waals surface area (Å²) in [7, 11) is -4.62. The predicted molar refractivity (Wildman–Crippen MR) is 252 cm³/mol. The molecule has 0 bridgehead atoms. The molecule has 1 aliphatic rings. The van der Waals surface area contributed by atoms with Gasteiger partial charge in [0.15, 0.2) is 12.4 Å². The molecule has 0 aliphatic carbocycles. The number of aliphatic hydroxyl groups is 3. The van der Waals surface area contributed by atoms with E-state index in [1.54, 1.807) is 0 Å². The minimum Gasteiger partial charge on any atom is -0.462 e. The molecule has 0 aromatic rings. The van der Waals surface area contributed by atoms with Gasteiger partial charge in [-0.1, -0.05) is 183 Å². The summed E-state index contributed by atoms with van der Waals surface area (Å²) in [6, 6.07) is 0. The Morgan fingerprint density at radius 2 is 1.03 bits per heavy atom. The highest BCUT2D eigenvalue weighted by molar-refractivity contribution is 7.85. The van der Waals surface area contributed by atoms with Gasteiger partial charge in [0.05, 0.1) is 6.61 Å². The van der Waals surface area contributed by atoms with Crippen molar-refractivity contribution in [2.75, 3.05) is 19.0 Å². The van der Waals surface area contributed by atoms with Gasteiger partial charge in [-0.25, -0.2) is 0 Å². The monoisotopic (exact) mass is 909 g/mol. The largest absolute Gasteiger partial charge is 0.462 e. The lowest BCUT2D eigenvalue weighted by molar-refractivity contribution is -0.297. The Kier molecular flexibility index (Phi) is 36.4. The topological polar surface area (TPSA) is 186 Å². The minimum atomic E-state index is -4.62. The normalized spacial score (nSPS) is 20.4. The molecule has 12 nitrogen and oxygen atoms in total. The molecule has 0 aromatic carbocycles. The van der Waals surface area contributed by atoms with Crippen LogP contribution in [-0.4, -0.2) is 96.0 Å². The summed E-state index contributed by atoms with van der Waals surface area (Å²) in [6.07, 6.45) is 41.1. The second kappa shape index (κ2) is 39.5. The van der Waals surface area contributed by atoms with Crippen LogP contribution in [0.25, 0.3) is 0 Å². The number of hydrogen-bond donors (Lipinski definition) is 4. The van der Waals surface area contributed by atoms with E-state index in [0.29, 0.717) is 19.3 Å². The molecule has 1 heterocycles. The standard InChI is InChI=1S/C50H84O12S/c1-3-5-7-9-11-13-15-17-18-19-20-21-22-23-24-25-27-28-30-32-34-36-38-45(51)59-40-43(41-60-50-49(55)48(54)47(53)44(62-50)42-63(56,57)58)61-46(52)39-37-35-33-31-29-26-16-14-12-10-8-6-4-2/h6,8,10,12,14,16,22-23,26,29,31,33,43-44,47-50,53-55H,3-5,7,9,11,13,15,17-21,24-25,27-28,30,32,34-42H2,1-2H3,(H,56,57,58). The fourth-order valence-electron chi connectivity index (χ4n) is 6.94. The first-order chi connectivity index (χ1) is 30.5. The van der Waals surface area contributed by atoms with Gasteiger partial charge >= 0.3 is 11.9 Å². The number of carbonyl (C=O) groups is 2. The molecule has 6 unspecified atom stereocenters. The molecule has 13 heteroatoms. The first kappa shape index (κ1) is 58.1. The summed E-state index contributed by atoms with van der Waals surface area (Å²) in [5.41, 5.74) is 0. The highest BCUT2D eigenvalue weighted by Crippen LogP contribution is 2.24. The first-order valence-corrected chi connectivity index (χ1v) is 25.7. The molecule has 0 radical (unpaired) electrons. The number of allylic oxidation sites excluding steroid dienone is 12. The van der Waals surface area contributed by atoms with Gasteiger partial charge in [0.2, 0.25) is 0 Å². The quantitative estimate of drug-likeness (QED) is 0.0151. The zero-order valence-corrected chi connectivity index (χ0v) is 39.5. The predicted octanol–water partition coefficient (Wildman–Crippen LogP) is 10.3. The van der Waals surface area contributed by atoms with Crippen molar-refractivity contribution in [2.24, 2.45) is 0 Å². The molecule has 1 rings (SSSR count). The van der Waals surface area contributed by atoms with Crippen molar-refractivity contribution in [3.63, 3.8) is 0 Å². The number of esters is 2. The van der Waals surface area contributed by atoms with E-state index >= 15 is 0 Å². The minimum absolute atomic E-state index is 0.0640. The van der Waals surface area contributed by atoms with E-state index in [1.165, 1.54) is 89.9 Å². The molecule has 1 fully saturated rings. The fraction of sp³-hybridized carbons (Fsp3) is 0.720. The highest BCUT2D eigenvalue weighted by Gasteiger charge is 2.46. The number of rotatable bonds is 39. The van der Waals surface area contributed by atoms with Gasteiger partial charge in [-0.15, -0.1) is 0 Å². The third-order valence-electron chi connectivity index (χ3n) is 10.6. The second-order valence-corrected chi connectivity index (χ2v) is 18.0. The molecule has 0 amide bonds. The van der Waals surface area contributed by atoms with Crippen LogP contribution < -0.4 is 0 Å². The van der Waals surface area contributed by atoms with E-state index in [4.69, 9.17) is 18.9 Å². The highest BCUT2D eigenvalue weighted by atomic mass is 32.2. The maximum absolute atomic E-state index is 12.8. The Morgan fingerprint density at radius 3 is 1.57 bits per heavy atom. The number of hydrogen-bond acceptors (Lipinski definition) is 11. The van der Waals surface area contributed by atoms with Crippen molar-refractivity contribution in [3.8, 4) is 0 Å². The molecule has 0 spiro atoms. The smallest absolute Gasteiger partial charge is 0.306 e. The van der Waals surface area contributed by atoms with Crippen LogP contribution >= 0.6 is 0 Å². The maximum atomic E-state index is 12.8. The molecular formula is C50H84O12S. The van der Waals surface area contributed by atoms with Crippen LogP contribution in [0.5, 0.6) is 0 Å². The molecule has 4 N–H and O–H groups in total. The SMILES string of the molecule is CCC=CC=CC=CC=CC=CCCCC(=O)OC(COC(=O)CCCCCCCCCC=CCCCCCCCCCCCCC)COC1OC(CS(=O)(=O)O)C(O)C(O)C1O. The third kappa shape index (κ3) is 34.2. The Morgan fingerprint density at radius 1 is 0.556 bits per heavy atom. The van der Waals surface area contributed by atoms with Gasteiger partial charge < -0.3 is 34.3 Å².